The molecule has 7 heteroatoms. The van der Waals surface area contributed by atoms with Gasteiger partial charge in [0.1, 0.15) is 5.82 Å². The number of nitrogens with one attached hydrogen (secondary N) is 1. The number of benzene rings is 3. The second-order valence-electron chi connectivity index (χ2n) is 7.28. The summed E-state index contributed by atoms with van der Waals surface area (Å²) in [6.45, 7) is 1.99. The van der Waals surface area contributed by atoms with Crippen molar-refractivity contribution in [2.24, 2.45) is 0 Å². The van der Waals surface area contributed by atoms with Crippen LogP contribution in [0.15, 0.2) is 77.3 Å². The van der Waals surface area contributed by atoms with E-state index in [9.17, 15) is 4.79 Å². The molecule has 152 valence electrons. The van der Waals surface area contributed by atoms with Crippen molar-refractivity contribution in [3.8, 4) is 5.69 Å². The number of anilines is 2. The van der Waals surface area contributed by atoms with E-state index in [0.29, 0.717) is 11.3 Å². The summed E-state index contributed by atoms with van der Waals surface area (Å²) in [5, 5.41) is 4.50. The molecule has 0 saturated carbocycles. The third-order valence-electron chi connectivity index (χ3n) is 5.14. The summed E-state index contributed by atoms with van der Waals surface area (Å²) < 4.78 is 2.97. The first-order chi connectivity index (χ1) is 15.0. The van der Waals surface area contributed by atoms with E-state index in [0.717, 1.165) is 32.0 Å². The number of carbonyl (C=O) groups is 1. The van der Waals surface area contributed by atoms with Gasteiger partial charge in [0.15, 0.2) is 5.65 Å². The van der Waals surface area contributed by atoms with Crippen LogP contribution in [0.25, 0.3) is 27.6 Å². The van der Waals surface area contributed by atoms with Crippen LogP contribution in [0.2, 0.25) is 0 Å². The number of aromatic nitrogens is 3. The second kappa shape index (κ2) is 7.52. The van der Waals surface area contributed by atoms with E-state index in [1.54, 1.807) is 0 Å². The maximum Gasteiger partial charge on any atom is 0.293 e. The molecular formula is C24H18BrN5O. The van der Waals surface area contributed by atoms with Crippen molar-refractivity contribution >= 4 is 55.3 Å². The third kappa shape index (κ3) is 3.43. The van der Waals surface area contributed by atoms with Gasteiger partial charge in [-0.2, -0.15) is 0 Å². The molecule has 6 nitrogen and oxygen atoms in total. The van der Waals surface area contributed by atoms with E-state index in [2.05, 4.69) is 31.2 Å². The first-order valence-corrected chi connectivity index (χ1v) is 10.5. The summed E-state index contributed by atoms with van der Waals surface area (Å²) in [4.78, 5) is 21.8. The number of para-hydroxylation sites is 1. The molecule has 2 heterocycles. The number of fused-ring (bicyclic) bond motifs is 3. The SMILES string of the molecule is Cc1ccc(NC(=O)c2nc(N)c3c4ccccc4n(-c4ccc(Br)cc4)c3n2)cc1. The van der Waals surface area contributed by atoms with Crippen molar-refractivity contribution in [3.05, 3.63) is 88.7 Å². The van der Waals surface area contributed by atoms with Crippen molar-refractivity contribution in [2.75, 3.05) is 11.1 Å². The summed E-state index contributed by atoms with van der Waals surface area (Å²) in [5.74, 6) is -0.122. The normalized spacial score (nSPS) is 11.2. The molecule has 0 fully saturated rings. The number of nitrogens with zero attached hydrogens (tertiary/aromatic N) is 3. The Labute approximate surface area is 186 Å². The average Bonchev–Trinajstić information content (AvgIpc) is 3.11. The third-order valence-corrected chi connectivity index (χ3v) is 5.67. The summed E-state index contributed by atoms with van der Waals surface area (Å²) in [6.07, 6.45) is 0. The van der Waals surface area contributed by atoms with Crippen LogP contribution in [0.1, 0.15) is 16.2 Å². The van der Waals surface area contributed by atoms with Crippen molar-refractivity contribution in [3.63, 3.8) is 0 Å². The van der Waals surface area contributed by atoms with Crippen LogP contribution in [0, 0.1) is 6.92 Å². The predicted molar refractivity (Wildman–Crippen MR) is 128 cm³/mol. The standard InChI is InChI=1S/C24H18BrN5O/c1-14-6-10-16(11-7-14)27-24(31)22-28-21(26)20-18-4-2-3-5-19(18)30(23(20)29-22)17-12-8-15(25)9-13-17/h2-13H,1H3,(H,27,31)(H2,26,28,29). The molecule has 0 spiro atoms. The number of nitrogens with two attached hydrogens (primary N) is 1. The Morgan fingerprint density at radius 1 is 0.968 bits per heavy atom. The van der Waals surface area contributed by atoms with Gasteiger partial charge in [-0.25, -0.2) is 9.97 Å². The lowest BCUT2D eigenvalue weighted by molar-refractivity contribution is 0.101. The first kappa shape index (κ1) is 19.3. The lowest BCUT2D eigenvalue weighted by atomic mass is 10.2. The number of hydrogen-bond acceptors (Lipinski definition) is 4. The Bertz CT molecular complexity index is 1440. The Balaban J connectivity index is 1.70. The van der Waals surface area contributed by atoms with Crippen molar-refractivity contribution in [1.29, 1.82) is 0 Å². The molecule has 3 aromatic carbocycles. The van der Waals surface area contributed by atoms with E-state index in [1.165, 1.54) is 0 Å². The Hall–Kier alpha value is -3.71. The summed E-state index contributed by atoms with van der Waals surface area (Å²) >= 11 is 3.48. The summed E-state index contributed by atoms with van der Waals surface area (Å²) in [6, 6.07) is 23.3. The van der Waals surface area contributed by atoms with Crippen molar-refractivity contribution in [1.82, 2.24) is 14.5 Å². The molecule has 3 N–H and O–H groups in total. The highest BCUT2D eigenvalue weighted by atomic mass is 79.9. The molecule has 2 aromatic heterocycles. The second-order valence-corrected chi connectivity index (χ2v) is 8.20. The smallest absolute Gasteiger partial charge is 0.293 e. The van der Waals surface area contributed by atoms with E-state index in [4.69, 9.17) is 5.73 Å². The van der Waals surface area contributed by atoms with Gasteiger partial charge in [-0.15, -0.1) is 0 Å². The van der Waals surface area contributed by atoms with E-state index in [1.807, 2.05) is 84.3 Å². The average molecular weight is 472 g/mol. The van der Waals surface area contributed by atoms with Crippen LogP contribution in [-0.2, 0) is 0 Å². The molecule has 0 aliphatic heterocycles. The van der Waals surface area contributed by atoms with Gasteiger partial charge in [0.25, 0.3) is 5.91 Å². The van der Waals surface area contributed by atoms with Gasteiger partial charge < -0.3 is 11.1 Å². The fraction of sp³-hybridized carbons (Fsp3) is 0.0417. The number of hydrogen-bond donors (Lipinski definition) is 2. The number of amides is 1. The monoisotopic (exact) mass is 471 g/mol. The highest BCUT2D eigenvalue weighted by Gasteiger charge is 2.20. The van der Waals surface area contributed by atoms with E-state index in [-0.39, 0.29) is 11.6 Å². The molecule has 0 saturated heterocycles. The summed E-state index contributed by atoms with van der Waals surface area (Å²) in [7, 11) is 0. The first-order valence-electron chi connectivity index (χ1n) is 9.72. The molecule has 0 unspecified atom stereocenters. The van der Waals surface area contributed by atoms with Crippen LogP contribution >= 0.6 is 15.9 Å². The Morgan fingerprint density at radius 3 is 2.42 bits per heavy atom. The minimum atomic E-state index is -0.412. The van der Waals surface area contributed by atoms with Gasteiger partial charge in [-0.05, 0) is 49.4 Å². The zero-order valence-corrected chi connectivity index (χ0v) is 18.2. The molecule has 31 heavy (non-hydrogen) atoms. The Morgan fingerprint density at radius 2 is 1.68 bits per heavy atom. The van der Waals surface area contributed by atoms with Gasteiger partial charge in [0.2, 0.25) is 5.82 Å². The molecule has 0 atom stereocenters. The summed E-state index contributed by atoms with van der Waals surface area (Å²) in [5.41, 5.74) is 10.6. The van der Waals surface area contributed by atoms with Crippen LogP contribution < -0.4 is 11.1 Å². The predicted octanol–water partition coefficient (Wildman–Crippen LogP) is 5.48. The minimum absolute atomic E-state index is 0.0201. The molecule has 0 aliphatic rings. The van der Waals surface area contributed by atoms with Crippen LogP contribution in [0.4, 0.5) is 11.5 Å². The fourth-order valence-corrected chi connectivity index (χ4v) is 3.92. The highest BCUT2D eigenvalue weighted by molar-refractivity contribution is 9.10. The van der Waals surface area contributed by atoms with Gasteiger partial charge in [0.05, 0.1) is 10.9 Å². The lowest BCUT2D eigenvalue weighted by Gasteiger charge is -2.09. The minimum Gasteiger partial charge on any atom is -0.383 e. The molecule has 0 radical (unpaired) electrons. The van der Waals surface area contributed by atoms with Crippen molar-refractivity contribution < 1.29 is 4.79 Å². The highest BCUT2D eigenvalue weighted by Crippen LogP contribution is 2.34. The van der Waals surface area contributed by atoms with Crippen LogP contribution in [0.3, 0.4) is 0 Å². The number of halogens is 1. The fourth-order valence-electron chi connectivity index (χ4n) is 3.66. The molecule has 0 bridgehead atoms. The van der Waals surface area contributed by atoms with Gasteiger partial charge in [-0.1, -0.05) is 51.8 Å². The molecule has 1 amide bonds. The number of nitrogen functional groups attached to an aromatic ring is 1. The van der Waals surface area contributed by atoms with Crippen LogP contribution in [0.5, 0.6) is 0 Å². The topological polar surface area (TPSA) is 85.8 Å². The molecule has 5 aromatic rings. The largest absolute Gasteiger partial charge is 0.383 e. The van der Waals surface area contributed by atoms with Crippen molar-refractivity contribution in [2.45, 2.75) is 6.92 Å². The van der Waals surface area contributed by atoms with Gasteiger partial charge >= 0.3 is 0 Å². The number of carbonyl (C=O) groups excluding carboxylic acids is 1. The van der Waals surface area contributed by atoms with Gasteiger partial charge in [-0.3, -0.25) is 9.36 Å². The lowest BCUT2D eigenvalue weighted by Crippen LogP contribution is -2.17. The van der Waals surface area contributed by atoms with Crippen LogP contribution in [-0.4, -0.2) is 20.4 Å². The van der Waals surface area contributed by atoms with E-state index < -0.39 is 5.91 Å². The maximum atomic E-state index is 12.9. The zero-order valence-electron chi connectivity index (χ0n) is 16.6. The molecular weight excluding hydrogens is 454 g/mol. The Kier molecular flexibility index (Phi) is 4.67. The number of aryl methyl sites for hydroxylation is 1. The van der Waals surface area contributed by atoms with Gasteiger partial charge in [0, 0.05) is 21.2 Å². The number of rotatable bonds is 3. The maximum absolute atomic E-state index is 12.9. The molecule has 5 rings (SSSR count). The quantitative estimate of drug-likeness (QED) is 0.364. The van der Waals surface area contributed by atoms with E-state index >= 15 is 0 Å². The zero-order chi connectivity index (χ0) is 21.5. The molecule has 0 aliphatic carbocycles.